The lowest BCUT2D eigenvalue weighted by molar-refractivity contribution is -0.151. The van der Waals surface area contributed by atoms with Crippen molar-refractivity contribution in [3.63, 3.8) is 0 Å². The molecule has 0 radical (unpaired) electrons. The Balaban J connectivity index is 1.38. The molecule has 3 aliphatic rings. The zero-order chi connectivity index (χ0) is 18.4. The molecular weight excluding hydrogens is 342 g/mol. The first-order valence-corrected chi connectivity index (χ1v) is 9.55. The monoisotopic (exact) mass is 363 g/mol. The first-order chi connectivity index (χ1) is 13.1. The molecule has 1 saturated carbocycles. The molecule has 1 amide bonds. The predicted octanol–water partition coefficient (Wildman–Crippen LogP) is 2.86. The minimum Gasteiger partial charge on any atom is -0.458 e. The van der Waals surface area contributed by atoms with Gasteiger partial charge < -0.3 is 9.64 Å². The number of esters is 1. The average Bonchev–Trinajstić information content (AvgIpc) is 3.40. The van der Waals surface area contributed by atoms with Crippen LogP contribution in [0.5, 0.6) is 0 Å². The molecular formula is C21H21N3O3. The van der Waals surface area contributed by atoms with Crippen LogP contribution in [-0.2, 0) is 27.4 Å². The van der Waals surface area contributed by atoms with Gasteiger partial charge in [-0.3, -0.25) is 9.59 Å². The Kier molecular flexibility index (Phi) is 3.74. The number of benzene rings is 1. The van der Waals surface area contributed by atoms with Gasteiger partial charge in [0.1, 0.15) is 5.60 Å². The van der Waals surface area contributed by atoms with Crippen molar-refractivity contribution in [2.24, 2.45) is 5.92 Å². The van der Waals surface area contributed by atoms with E-state index in [0.29, 0.717) is 18.9 Å². The van der Waals surface area contributed by atoms with Crippen molar-refractivity contribution in [2.75, 3.05) is 0 Å². The first-order valence-electron chi connectivity index (χ1n) is 9.55. The second-order valence-electron chi connectivity index (χ2n) is 7.73. The second-order valence-corrected chi connectivity index (χ2v) is 7.73. The third-order valence-electron chi connectivity index (χ3n) is 6.07. The molecule has 5 rings (SSSR count). The summed E-state index contributed by atoms with van der Waals surface area (Å²) in [6, 6.07) is 9.83. The molecule has 1 aromatic heterocycles. The van der Waals surface area contributed by atoms with Gasteiger partial charge in [0, 0.05) is 23.9 Å². The predicted molar refractivity (Wildman–Crippen MR) is 97.1 cm³/mol. The summed E-state index contributed by atoms with van der Waals surface area (Å²) in [5.74, 6) is 0.0961. The minimum absolute atomic E-state index is 0.0158. The SMILES string of the molecule is O=C1C[C@H](C(=O)N2Cc3cnc(-c4ccccc4)nc3C2)C2(CCCC2)O1. The van der Waals surface area contributed by atoms with Crippen molar-refractivity contribution in [2.45, 2.75) is 50.8 Å². The summed E-state index contributed by atoms with van der Waals surface area (Å²) in [5.41, 5.74) is 2.27. The fourth-order valence-electron chi connectivity index (χ4n) is 4.68. The molecule has 6 heteroatoms. The highest BCUT2D eigenvalue weighted by molar-refractivity contribution is 5.88. The molecule has 0 N–H and O–H groups in total. The molecule has 138 valence electrons. The van der Waals surface area contributed by atoms with E-state index in [4.69, 9.17) is 4.74 Å². The first kappa shape index (κ1) is 16.4. The molecule has 27 heavy (non-hydrogen) atoms. The van der Waals surface area contributed by atoms with Crippen molar-refractivity contribution in [3.05, 3.63) is 47.8 Å². The van der Waals surface area contributed by atoms with E-state index in [2.05, 4.69) is 9.97 Å². The van der Waals surface area contributed by atoms with Gasteiger partial charge in [-0.05, 0) is 25.7 Å². The van der Waals surface area contributed by atoms with Crippen LogP contribution in [0.25, 0.3) is 11.4 Å². The van der Waals surface area contributed by atoms with Crippen LogP contribution in [0.15, 0.2) is 36.5 Å². The Hall–Kier alpha value is -2.76. The quantitative estimate of drug-likeness (QED) is 0.767. The van der Waals surface area contributed by atoms with Gasteiger partial charge in [-0.15, -0.1) is 0 Å². The summed E-state index contributed by atoms with van der Waals surface area (Å²) in [5, 5.41) is 0. The van der Waals surface area contributed by atoms with Crippen molar-refractivity contribution in [1.82, 2.24) is 14.9 Å². The fourth-order valence-corrected chi connectivity index (χ4v) is 4.68. The molecule has 1 aliphatic carbocycles. The van der Waals surface area contributed by atoms with Crippen LogP contribution >= 0.6 is 0 Å². The summed E-state index contributed by atoms with van der Waals surface area (Å²) in [6.45, 7) is 0.974. The highest BCUT2D eigenvalue weighted by Crippen LogP contribution is 2.46. The van der Waals surface area contributed by atoms with Gasteiger partial charge in [-0.2, -0.15) is 0 Å². The molecule has 1 atom stereocenters. The highest BCUT2D eigenvalue weighted by atomic mass is 16.6. The number of rotatable bonds is 2. The van der Waals surface area contributed by atoms with Gasteiger partial charge >= 0.3 is 5.97 Å². The largest absolute Gasteiger partial charge is 0.458 e. The van der Waals surface area contributed by atoms with Crippen LogP contribution < -0.4 is 0 Å². The number of hydrogen-bond acceptors (Lipinski definition) is 5. The van der Waals surface area contributed by atoms with Gasteiger partial charge in [-0.1, -0.05) is 30.3 Å². The Bertz CT molecular complexity index is 906. The van der Waals surface area contributed by atoms with E-state index >= 15 is 0 Å². The standard InChI is InChI=1S/C21H21N3O3/c25-18-10-16(21(27-18)8-4-5-9-21)20(26)24-12-15-11-22-19(23-17(15)13-24)14-6-2-1-3-7-14/h1-3,6-7,11,16H,4-5,8-10,12-13H2/t16-/m1/s1. The number of nitrogens with zero attached hydrogens (tertiary/aromatic N) is 3. The minimum atomic E-state index is -0.566. The third kappa shape index (κ3) is 2.71. The summed E-state index contributed by atoms with van der Waals surface area (Å²) in [4.78, 5) is 36.1. The van der Waals surface area contributed by atoms with E-state index in [9.17, 15) is 9.59 Å². The number of amides is 1. The maximum absolute atomic E-state index is 13.2. The van der Waals surface area contributed by atoms with Gasteiger partial charge in [0.2, 0.25) is 5.91 Å². The Morgan fingerprint density at radius 1 is 1.15 bits per heavy atom. The van der Waals surface area contributed by atoms with E-state index in [1.165, 1.54) is 0 Å². The molecule has 2 fully saturated rings. The number of fused-ring (bicyclic) bond motifs is 1. The van der Waals surface area contributed by atoms with Crippen LogP contribution in [0.3, 0.4) is 0 Å². The van der Waals surface area contributed by atoms with Crippen molar-refractivity contribution < 1.29 is 14.3 Å². The zero-order valence-corrected chi connectivity index (χ0v) is 15.1. The second kappa shape index (κ2) is 6.15. The Labute approximate surface area is 157 Å². The van der Waals surface area contributed by atoms with Crippen LogP contribution in [-0.4, -0.2) is 32.3 Å². The van der Waals surface area contributed by atoms with Gasteiger partial charge in [0.15, 0.2) is 5.82 Å². The maximum Gasteiger partial charge on any atom is 0.307 e. The third-order valence-corrected chi connectivity index (χ3v) is 6.07. The van der Waals surface area contributed by atoms with Crippen LogP contribution in [0.2, 0.25) is 0 Å². The van der Waals surface area contributed by atoms with Gasteiger partial charge in [0.25, 0.3) is 0 Å². The lowest BCUT2D eigenvalue weighted by atomic mass is 9.84. The molecule has 3 heterocycles. The van der Waals surface area contributed by atoms with E-state index in [1.54, 1.807) is 4.90 Å². The summed E-state index contributed by atoms with van der Waals surface area (Å²) < 4.78 is 5.64. The van der Waals surface area contributed by atoms with Crippen molar-refractivity contribution in [3.8, 4) is 11.4 Å². The van der Waals surface area contributed by atoms with Crippen LogP contribution in [0, 0.1) is 5.92 Å². The van der Waals surface area contributed by atoms with E-state index in [-0.39, 0.29) is 24.2 Å². The van der Waals surface area contributed by atoms with Crippen molar-refractivity contribution in [1.29, 1.82) is 0 Å². The van der Waals surface area contributed by atoms with Crippen molar-refractivity contribution >= 4 is 11.9 Å². The van der Waals surface area contributed by atoms with Gasteiger partial charge in [0.05, 0.1) is 24.6 Å². The number of aromatic nitrogens is 2. The summed E-state index contributed by atoms with van der Waals surface area (Å²) in [7, 11) is 0. The highest BCUT2D eigenvalue weighted by Gasteiger charge is 2.55. The summed E-state index contributed by atoms with van der Waals surface area (Å²) >= 11 is 0. The average molecular weight is 363 g/mol. The van der Waals surface area contributed by atoms with Gasteiger partial charge in [-0.25, -0.2) is 9.97 Å². The number of ether oxygens (including phenoxy) is 1. The topological polar surface area (TPSA) is 72.4 Å². The fraction of sp³-hybridized carbons (Fsp3) is 0.429. The number of carbonyl (C=O) groups excluding carboxylic acids is 2. The number of hydrogen-bond donors (Lipinski definition) is 0. The molecule has 0 bridgehead atoms. The number of carbonyl (C=O) groups is 2. The molecule has 0 unspecified atom stereocenters. The Morgan fingerprint density at radius 3 is 2.70 bits per heavy atom. The van der Waals surface area contributed by atoms with Crippen LogP contribution in [0.1, 0.15) is 43.4 Å². The molecule has 2 aliphatic heterocycles. The van der Waals surface area contributed by atoms with E-state index in [1.807, 2.05) is 36.5 Å². The normalized spacial score (nSPS) is 22.9. The molecule has 6 nitrogen and oxygen atoms in total. The lowest BCUT2D eigenvalue weighted by Gasteiger charge is -2.30. The summed E-state index contributed by atoms with van der Waals surface area (Å²) in [6.07, 6.45) is 5.65. The van der Waals surface area contributed by atoms with Crippen LogP contribution in [0.4, 0.5) is 0 Å². The zero-order valence-electron chi connectivity index (χ0n) is 15.1. The Morgan fingerprint density at radius 2 is 1.93 bits per heavy atom. The molecule has 1 aromatic carbocycles. The molecule has 1 spiro atoms. The molecule has 2 aromatic rings. The lowest BCUT2D eigenvalue weighted by Crippen LogP contribution is -2.43. The maximum atomic E-state index is 13.2. The van der Waals surface area contributed by atoms with E-state index in [0.717, 1.165) is 42.5 Å². The smallest absolute Gasteiger partial charge is 0.307 e. The van der Waals surface area contributed by atoms with E-state index < -0.39 is 5.60 Å². The molecule has 1 saturated heterocycles.